The SMILES string of the molecule is CC(NC(=O)NCCCN1C(=O)c2ccc([N+](=O)[O-])cc2C1=O)c1ccccc1. The van der Waals surface area contributed by atoms with Gasteiger partial charge in [-0.15, -0.1) is 0 Å². The van der Waals surface area contributed by atoms with Gasteiger partial charge in [0.2, 0.25) is 0 Å². The largest absolute Gasteiger partial charge is 0.338 e. The highest BCUT2D eigenvalue weighted by atomic mass is 16.6. The normalized spacial score (nSPS) is 13.8. The number of amides is 4. The van der Waals surface area contributed by atoms with E-state index in [1.807, 2.05) is 37.3 Å². The minimum atomic E-state index is -0.611. The molecular formula is C20H20N4O5. The number of imide groups is 1. The van der Waals surface area contributed by atoms with Crippen LogP contribution in [0.1, 0.15) is 45.7 Å². The summed E-state index contributed by atoms with van der Waals surface area (Å²) in [6.45, 7) is 2.24. The summed E-state index contributed by atoms with van der Waals surface area (Å²) < 4.78 is 0. The van der Waals surface area contributed by atoms with E-state index in [0.29, 0.717) is 6.42 Å². The molecule has 4 amide bonds. The molecule has 2 aromatic carbocycles. The molecule has 29 heavy (non-hydrogen) atoms. The van der Waals surface area contributed by atoms with Gasteiger partial charge < -0.3 is 10.6 Å². The van der Waals surface area contributed by atoms with Crippen LogP contribution in [0.2, 0.25) is 0 Å². The topological polar surface area (TPSA) is 122 Å². The first-order valence-corrected chi connectivity index (χ1v) is 9.12. The third kappa shape index (κ3) is 4.40. The first kappa shape index (κ1) is 20.0. The number of urea groups is 1. The zero-order chi connectivity index (χ0) is 21.0. The molecule has 2 N–H and O–H groups in total. The van der Waals surface area contributed by atoms with Gasteiger partial charge in [-0.25, -0.2) is 4.79 Å². The molecule has 0 spiro atoms. The van der Waals surface area contributed by atoms with Gasteiger partial charge in [0.15, 0.2) is 0 Å². The molecule has 0 bridgehead atoms. The lowest BCUT2D eigenvalue weighted by Gasteiger charge is -2.16. The number of benzene rings is 2. The second-order valence-corrected chi connectivity index (χ2v) is 6.64. The monoisotopic (exact) mass is 396 g/mol. The first-order valence-electron chi connectivity index (χ1n) is 9.12. The summed E-state index contributed by atoms with van der Waals surface area (Å²) in [7, 11) is 0. The van der Waals surface area contributed by atoms with Crippen LogP contribution < -0.4 is 10.6 Å². The van der Waals surface area contributed by atoms with E-state index in [0.717, 1.165) is 16.5 Å². The molecule has 0 radical (unpaired) electrons. The van der Waals surface area contributed by atoms with Gasteiger partial charge in [0.25, 0.3) is 17.5 Å². The van der Waals surface area contributed by atoms with Gasteiger partial charge in [0.1, 0.15) is 0 Å². The molecule has 1 aliphatic rings. The molecule has 9 heteroatoms. The van der Waals surface area contributed by atoms with E-state index in [1.54, 1.807) is 0 Å². The smallest absolute Gasteiger partial charge is 0.315 e. The molecule has 0 aromatic heterocycles. The number of carbonyl (C=O) groups excluding carboxylic acids is 3. The van der Waals surface area contributed by atoms with E-state index < -0.39 is 16.7 Å². The maximum absolute atomic E-state index is 12.4. The highest BCUT2D eigenvalue weighted by molar-refractivity contribution is 6.21. The van der Waals surface area contributed by atoms with Crippen molar-refractivity contribution in [3.05, 3.63) is 75.3 Å². The molecule has 1 heterocycles. The van der Waals surface area contributed by atoms with Crippen molar-refractivity contribution >= 4 is 23.5 Å². The van der Waals surface area contributed by atoms with Crippen LogP contribution in [0.15, 0.2) is 48.5 Å². The lowest BCUT2D eigenvalue weighted by molar-refractivity contribution is -0.384. The molecule has 0 saturated carbocycles. The predicted molar refractivity (Wildman–Crippen MR) is 104 cm³/mol. The summed E-state index contributed by atoms with van der Waals surface area (Å²) in [5, 5.41) is 16.4. The summed E-state index contributed by atoms with van der Waals surface area (Å²) in [6.07, 6.45) is 0.362. The number of fused-ring (bicyclic) bond motifs is 1. The van der Waals surface area contributed by atoms with Crippen LogP contribution in [0.4, 0.5) is 10.5 Å². The first-order chi connectivity index (χ1) is 13.9. The lowest BCUT2D eigenvalue weighted by Crippen LogP contribution is -2.39. The minimum absolute atomic E-state index is 0.0339. The van der Waals surface area contributed by atoms with Crippen LogP contribution in [0.25, 0.3) is 0 Å². The molecule has 1 unspecified atom stereocenters. The Morgan fingerprint density at radius 1 is 1.10 bits per heavy atom. The number of hydrogen-bond acceptors (Lipinski definition) is 5. The Kier molecular flexibility index (Phi) is 5.87. The summed E-state index contributed by atoms with van der Waals surface area (Å²) in [4.78, 5) is 48.0. The fraction of sp³-hybridized carbons (Fsp3) is 0.250. The fourth-order valence-corrected chi connectivity index (χ4v) is 3.11. The average Bonchev–Trinajstić information content (AvgIpc) is 2.95. The van der Waals surface area contributed by atoms with Crippen molar-refractivity contribution in [3.8, 4) is 0 Å². The Hall–Kier alpha value is -3.75. The highest BCUT2D eigenvalue weighted by Gasteiger charge is 2.36. The zero-order valence-corrected chi connectivity index (χ0v) is 15.8. The number of nitro benzene ring substituents is 1. The van der Waals surface area contributed by atoms with E-state index in [-0.39, 0.29) is 42.0 Å². The molecule has 0 saturated heterocycles. The number of non-ortho nitro benzene ring substituents is 1. The van der Waals surface area contributed by atoms with E-state index in [2.05, 4.69) is 10.6 Å². The van der Waals surface area contributed by atoms with Crippen molar-refractivity contribution < 1.29 is 19.3 Å². The molecular weight excluding hydrogens is 376 g/mol. The third-order valence-electron chi connectivity index (χ3n) is 4.66. The van der Waals surface area contributed by atoms with E-state index in [1.165, 1.54) is 12.1 Å². The molecule has 0 aliphatic carbocycles. The van der Waals surface area contributed by atoms with Crippen LogP contribution in [0.3, 0.4) is 0 Å². The van der Waals surface area contributed by atoms with Crippen molar-refractivity contribution in [1.29, 1.82) is 0 Å². The van der Waals surface area contributed by atoms with Gasteiger partial charge >= 0.3 is 6.03 Å². The number of hydrogen-bond donors (Lipinski definition) is 2. The van der Waals surface area contributed by atoms with Crippen molar-refractivity contribution in [3.63, 3.8) is 0 Å². The number of carbonyl (C=O) groups is 3. The van der Waals surface area contributed by atoms with Crippen LogP contribution in [0.5, 0.6) is 0 Å². The quantitative estimate of drug-likeness (QED) is 0.322. The van der Waals surface area contributed by atoms with Gasteiger partial charge in [0, 0.05) is 25.2 Å². The number of nitrogens with zero attached hydrogens (tertiary/aromatic N) is 2. The van der Waals surface area contributed by atoms with Crippen LogP contribution in [-0.2, 0) is 0 Å². The van der Waals surface area contributed by atoms with Crippen molar-refractivity contribution in [2.75, 3.05) is 13.1 Å². The minimum Gasteiger partial charge on any atom is -0.338 e. The summed E-state index contributed by atoms with van der Waals surface area (Å²) in [5.74, 6) is -1.04. The second kappa shape index (κ2) is 8.51. The van der Waals surface area contributed by atoms with Gasteiger partial charge in [-0.2, -0.15) is 0 Å². The predicted octanol–water partition coefficient (Wildman–Crippen LogP) is 2.64. The van der Waals surface area contributed by atoms with E-state index >= 15 is 0 Å². The Morgan fingerprint density at radius 3 is 2.48 bits per heavy atom. The Balaban J connectivity index is 1.48. The summed E-state index contributed by atoms with van der Waals surface area (Å²) in [5.41, 5.74) is 0.926. The van der Waals surface area contributed by atoms with Gasteiger partial charge in [-0.05, 0) is 25.0 Å². The summed E-state index contributed by atoms with van der Waals surface area (Å²) in [6, 6.07) is 12.6. The maximum atomic E-state index is 12.4. The third-order valence-corrected chi connectivity index (χ3v) is 4.66. The number of nitrogens with one attached hydrogen (secondary N) is 2. The van der Waals surface area contributed by atoms with Crippen LogP contribution >= 0.6 is 0 Å². The molecule has 3 rings (SSSR count). The lowest BCUT2D eigenvalue weighted by atomic mass is 10.1. The summed E-state index contributed by atoms with van der Waals surface area (Å²) >= 11 is 0. The van der Waals surface area contributed by atoms with Gasteiger partial charge in [-0.1, -0.05) is 30.3 Å². The Labute approximate surface area is 166 Å². The molecule has 0 fully saturated rings. The van der Waals surface area contributed by atoms with Gasteiger partial charge in [-0.3, -0.25) is 24.6 Å². The van der Waals surface area contributed by atoms with Crippen LogP contribution in [0, 0.1) is 10.1 Å². The highest BCUT2D eigenvalue weighted by Crippen LogP contribution is 2.26. The van der Waals surface area contributed by atoms with Crippen molar-refractivity contribution in [1.82, 2.24) is 15.5 Å². The van der Waals surface area contributed by atoms with Crippen molar-refractivity contribution in [2.45, 2.75) is 19.4 Å². The zero-order valence-electron chi connectivity index (χ0n) is 15.8. The van der Waals surface area contributed by atoms with E-state index in [4.69, 9.17) is 0 Å². The molecule has 2 aromatic rings. The molecule has 1 aliphatic heterocycles. The molecule has 1 atom stereocenters. The Morgan fingerprint density at radius 2 is 1.79 bits per heavy atom. The number of rotatable bonds is 7. The standard InChI is InChI=1S/C20H20N4O5/c1-13(14-6-3-2-4-7-14)22-20(27)21-10-5-11-23-18(25)16-9-8-15(24(28)29)12-17(16)19(23)26/h2-4,6-9,12-13H,5,10-11H2,1H3,(H2,21,22,27). The van der Waals surface area contributed by atoms with Crippen LogP contribution in [-0.4, -0.2) is 40.8 Å². The second-order valence-electron chi connectivity index (χ2n) is 6.64. The van der Waals surface area contributed by atoms with Crippen molar-refractivity contribution in [2.24, 2.45) is 0 Å². The van der Waals surface area contributed by atoms with E-state index in [9.17, 15) is 24.5 Å². The average molecular weight is 396 g/mol. The van der Waals surface area contributed by atoms with Gasteiger partial charge in [0.05, 0.1) is 22.1 Å². The Bertz CT molecular complexity index is 961. The maximum Gasteiger partial charge on any atom is 0.315 e. The number of nitro groups is 1. The fourth-order valence-electron chi connectivity index (χ4n) is 3.11. The molecule has 150 valence electrons. The molecule has 9 nitrogen and oxygen atoms in total.